The SMILES string of the molecule is CCCCC(=O)N(CC(=O)N1CCc2sccc2[C@H]1c1ccc(F)cc1)[C@H](C)CC. The number of rotatable bonds is 8. The molecule has 1 aromatic carbocycles. The number of hydrogen-bond donors (Lipinski definition) is 0. The Morgan fingerprint density at radius 2 is 1.97 bits per heavy atom. The first-order valence-corrected chi connectivity index (χ1v) is 11.7. The van der Waals surface area contributed by atoms with E-state index in [9.17, 15) is 14.0 Å². The van der Waals surface area contributed by atoms with Gasteiger partial charge in [0.1, 0.15) is 12.4 Å². The van der Waals surface area contributed by atoms with E-state index in [1.54, 1.807) is 28.4 Å². The lowest BCUT2D eigenvalue weighted by Crippen LogP contribution is -2.49. The fourth-order valence-electron chi connectivity index (χ4n) is 4.01. The van der Waals surface area contributed by atoms with E-state index in [1.807, 2.05) is 18.7 Å². The highest BCUT2D eigenvalue weighted by molar-refractivity contribution is 7.10. The van der Waals surface area contributed by atoms with Gasteiger partial charge in [0.05, 0.1) is 6.04 Å². The third kappa shape index (κ3) is 4.91. The number of halogens is 1. The Kier molecular flexibility index (Phi) is 7.64. The summed E-state index contributed by atoms with van der Waals surface area (Å²) in [6.07, 6.45) is 3.88. The first kappa shape index (κ1) is 22.5. The highest BCUT2D eigenvalue weighted by Crippen LogP contribution is 2.38. The molecular weight excluding hydrogens is 399 g/mol. The molecule has 30 heavy (non-hydrogen) atoms. The number of carbonyl (C=O) groups excluding carboxylic acids is 2. The molecule has 1 aromatic heterocycles. The van der Waals surface area contributed by atoms with Gasteiger partial charge in [-0.15, -0.1) is 11.3 Å². The summed E-state index contributed by atoms with van der Waals surface area (Å²) in [6, 6.07) is 8.24. The van der Waals surface area contributed by atoms with Crippen molar-refractivity contribution in [3.05, 3.63) is 57.5 Å². The molecule has 6 heteroatoms. The highest BCUT2D eigenvalue weighted by Gasteiger charge is 2.34. The van der Waals surface area contributed by atoms with Crippen molar-refractivity contribution in [3.63, 3.8) is 0 Å². The van der Waals surface area contributed by atoms with E-state index in [2.05, 4.69) is 18.4 Å². The largest absolute Gasteiger partial charge is 0.331 e. The Bertz CT molecular complexity index is 864. The maximum atomic E-state index is 13.5. The van der Waals surface area contributed by atoms with Crippen molar-refractivity contribution in [3.8, 4) is 0 Å². The molecule has 2 atom stereocenters. The van der Waals surface area contributed by atoms with E-state index in [4.69, 9.17) is 0 Å². The standard InChI is InChI=1S/C24H31FN2O2S/c1-4-6-7-22(28)27(17(3)5-2)16-23(29)26-14-12-21-20(13-15-30-21)24(26)18-8-10-19(25)11-9-18/h8-11,13,15,17,24H,4-7,12,14,16H2,1-3H3/t17-,24-/m1/s1. The minimum absolute atomic E-state index is 0.0177. The van der Waals surface area contributed by atoms with Crippen LogP contribution in [-0.2, 0) is 16.0 Å². The van der Waals surface area contributed by atoms with E-state index < -0.39 is 0 Å². The quantitative estimate of drug-likeness (QED) is 0.579. The normalized spacial score (nSPS) is 16.8. The average Bonchev–Trinajstić information content (AvgIpc) is 3.24. The van der Waals surface area contributed by atoms with Crippen LogP contribution >= 0.6 is 11.3 Å². The highest BCUT2D eigenvalue weighted by atomic mass is 32.1. The molecule has 0 spiro atoms. The van der Waals surface area contributed by atoms with Gasteiger partial charge in [-0.25, -0.2) is 4.39 Å². The Hall–Kier alpha value is -2.21. The van der Waals surface area contributed by atoms with Crippen molar-refractivity contribution in [2.75, 3.05) is 13.1 Å². The van der Waals surface area contributed by atoms with Crippen molar-refractivity contribution in [1.29, 1.82) is 0 Å². The zero-order chi connectivity index (χ0) is 21.7. The van der Waals surface area contributed by atoms with Gasteiger partial charge in [-0.1, -0.05) is 32.4 Å². The molecule has 0 saturated heterocycles. The lowest BCUT2D eigenvalue weighted by Gasteiger charge is -2.38. The van der Waals surface area contributed by atoms with Crippen LogP contribution in [0, 0.1) is 5.82 Å². The van der Waals surface area contributed by atoms with Gasteiger partial charge in [0, 0.05) is 23.9 Å². The molecule has 3 rings (SSSR count). The van der Waals surface area contributed by atoms with Crippen LogP contribution in [0.2, 0.25) is 0 Å². The van der Waals surface area contributed by atoms with Crippen LogP contribution < -0.4 is 0 Å². The minimum Gasteiger partial charge on any atom is -0.331 e. The van der Waals surface area contributed by atoms with Crippen molar-refractivity contribution < 1.29 is 14.0 Å². The maximum Gasteiger partial charge on any atom is 0.243 e. The van der Waals surface area contributed by atoms with E-state index >= 15 is 0 Å². The average molecular weight is 431 g/mol. The van der Waals surface area contributed by atoms with Gasteiger partial charge in [-0.2, -0.15) is 0 Å². The van der Waals surface area contributed by atoms with Crippen LogP contribution in [0.15, 0.2) is 35.7 Å². The topological polar surface area (TPSA) is 40.6 Å². The molecular formula is C24H31FN2O2S. The number of thiophene rings is 1. The lowest BCUT2D eigenvalue weighted by atomic mass is 9.93. The monoisotopic (exact) mass is 430 g/mol. The number of benzene rings is 1. The van der Waals surface area contributed by atoms with Crippen LogP contribution in [0.4, 0.5) is 4.39 Å². The molecule has 0 fully saturated rings. The Morgan fingerprint density at radius 3 is 2.63 bits per heavy atom. The van der Waals surface area contributed by atoms with Crippen molar-refractivity contribution in [2.24, 2.45) is 0 Å². The molecule has 4 nitrogen and oxygen atoms in total. The Morgan fingerprint density at radius 1 is 1.23 bits per heavy atom. The third-order valence-corrected chi connectivity index (χ3v) is 6.96. The van der Waals surface area contributed by atoms with Crippen LogP contribution in [0.3, 0.4) is 0 Å². The van der Waals surface area contributed by atoms with E-state index in [-0.39, 0.29) is 36.3 Å². The molecule has 0 unspecified atom stereocenters. The fourth-order valence-corrected chi connectivity index (χ4v) is 4.91. The molecule has 2 heterocycles. The lowest BCUT2D eigenvalue weighted by molar-refractivity contribution is -0.143. The maximum absolute atomic E-state index is 13.5. The van der Waals surface area contributed by atoms with Gasteiger partial charge in [0.2, 0.25) is 11.8 Å². The van der Waals surface area contributed by atoms with Gasteiger partial charge < -0.3 is 9.80 Å². The second-order valence-corrected chi connectivity index (χ2v) is 8.97. The van der Waals surface area contributed by atoms with Gasteiger partial charge in [-0.05, 0) is 60.9 Å². The summed E-state index contributed by atoms with van der Waals surface area (Å²) in [5.41, 5.74) is 2.01. The summed E-state index contributed by atoms with van der Waals surface area (Å²) in [5, 5.41) is 2.05. The smallest absolute Gasteiger partial charge is 0.243 e. The van der Waals surface area contributed by atoms with Gasteiger partial charge >= 0.3 is 0 Å². The second kappa shape index (κ2) is 10.2. The molecule has 0 saturated carbocycles. The molecule has 0 bridgehead atoms. The van der Waals surface area contributed by atoms with E-state index in [1.165, 1.54) is 17.0 Å². The number of carbonyl (C=O) groups is 2. The summed E-state index contributed by atoms with van der Waals surface area (Å²) in [7, 11) is 0. The number of fused-ring (bicyclic) bond motifs is 1. The first-order valence-electron chi connectivity index (χ1n) is 10.9. The predicted octanol–water partition coefficient (Wildman–Crippen LogP) is 5.18. The minimum atomic E-state index is -0.289. The number of amides is 2. The number of hydrogen-bond acceptors (Lipinski definition) is 3. The molecule has 0 aliphatic carbocycles. The van der Waals surface area contributed by atoms with Crippen LogP contribution in [-0.4, -0.2) is 40.7 Å². The second-order valence-electron chi connectivity index (χ2n) is 7.97. The Balaban J connectivity index is 1.86. The molecule has 0 N–H and O–H groups in total. The summed E-state index contributed by atoms with van der Waals surface area (Å²) >= 11 is 1.70. The van der Waals surface area contributed by atoms with Crippen molar-refractivity contribution in [1.82, 2.24) is 9.80 Å². The Labute approximate surface area is 182 Å². The summed E-state index contributed by atoms with van der Waals surface area (Å²) < 4.78 is 13.5. The summed E-state index contributed by atoms with van der Waals surface area (Å²) in [5.74, 6) is -0.292. The molecule has 2 aromatic rings. The van der Waals surface area contributed by atoms with Crippen LogP contribution in [0.1, 0.15) is 68.5 Å². The van der Waals surface area contributed by atoms with Crippen LogP contribution in [0.5, 0.6) is 0 Å². The summed E-state index contributed by atoms with van der Waals surface area (Å²) in [6.45, 7) is 6.79. The van der Waals surface area contributed by atoms with Crippen molar-refractivity contribution >= 4 is 23.2 Å². The van der Waals surface area contributed by atoms with E-state index in [0.29, 0.717) is 13.0 Å². The van der Waals surface area contributed by atoms with Gasteiger partial charge in [0.25, 0.3) is 0 Å². The first-order chi connectivity index (χ1) is 14.5. The summed E-state index contributed by atoms with van der Waals surface area (Å²) in [4.78, 5) is 31.1. The fraction of sp³-hybridized carbons (Fsp3) is 0.500. The molecule has 162 valence electrons. The van der Waals surface area contributed by atoms with Crippen molar-refractivity contribution in [2.45, 2.75) is 65.0 Å². The van der Waals surface area contributed by atoms with Gasteiger partial charge in [-0.3, -0.25) is 9.59 Å². The molecule has 0 radical (unpaired) electrons. The van der Waals surface area contributed by atoms with E-state index in [0.717, 1.165) is 36.8 Å². The molecule has 2 amide bonds. The third-order valence-electron chi connectivity index (χ3n) is 5.97. The predicted molar refractivity (Wildman–Crippen MR) is 119 cm³/mol. The number of nitrogens with zero attached hydrogens (tertiary/aromatic N) is 2. The zero-order valence-electron chi connectivity index (χ0n) is 18.1. The zero-order valence-corrected chi connectivity index (χ0v) is 18.9. The van der Waals surface area contributed by atoms with Gasteiger partial charge in [0.15, 0.2) is 0 Å². The number of unbranched alkanes of at least 4 members (excludes halogenated alkanes) is 1. The molecule has 1 aliphatic heterocycles. The molecule has 1 aliphatic rings. The van der Waals surface area contributed by atoms with Crippen LogP contribution in [0.25, 0.3) is 0 Å².